The molecule has 4 nitrogen and oxygen atoms in total. The van der Waals surface area contributed by atoms with Crippen LogP contribution in [0.15, 0.2) is 231 Å². The van der Waals surface area contributed by atoms with Gasteiger partial charge in [-0.3, -0.25) is 4.57 Å². The van der Waals surface area contributed by atoms with Gasteiger partial charge in [0, 0.05) is 38.4 Å². The minimum atomic E-state index is 0.637. The van der Waals surface area contributed by atoms with Gasteiger partial charge in [0.2, 0.25) is 5.95 Å². The lowest BCUT2D eigenvalue weighted by molar-refractivity contribution is 0.996. The predicted molar refractivity (Wildman–Crippen MR) is 267 cm³/mol. The van der Waals surface area contributed by atoms with Crippen molar-refractivity contribution < 1.29 is 0 Å². The van der Waals surface area contributed by atoms with Crippen molar-refractivity contribution in [3.05, 3.63) is 231 Å². The standard InChI is InChI=1S/C60H38N4/c1-5-19-39(20-6-1)52-38-53(40-21-7-2-8-22-40)62-60(61-52)64-55-32-18-16-29-46(55)50-36-51-48(37-57(50)64)44-27-13-14-30-47(44)59(58(51)41-23-9-3-10-24-41)42-33-34-56-49(35-42)45-28-15-17-31-54(45)63(56)43-25-11-4-12-26-43/h1-38H. The first-order valence-corrected chi connectivity index (χ1v) is 21.8. The molecular weight excluding hydrogens is 777 g/mol. The lowest BCUT2D eigenvalue weighted by Crippen LogP contribution is -2.04. The van der Waals surface area contributed by atoms with Crippen LogP contribution in [0.5, 0.6) is 0 Å². The van der Waals surface area contributed by atoms with Gasteiger partial charge in [0.25, 0.3) is 0 Å². The molecule has 298 valence electrons. The van der Waals surface area contributed by atoms with Gasteiger partial charge in [-0.05, 0) is 98.4 Å². The molecule has 13 rings (SSSR count). The average molecular weight is 815 g/mol. The molecule has 0 aliphatic rings. The van der Waals surface area contributed by atoms with Gasteiger partial charge in [0.15, 0.2) is 0 Å². The first-order valence-electron chi connectivity index (χ1n) is 21.8. The van der Waals surface area contributed by atoms with E-state index in [4.69, 9.17) is 9.97 Å². The highest BCUT2D eigenvalue weighted by Crippen LogP contribution is 2.48. The summed E-state index contributed by atoms with van der Waals surface area (Å²) in [6, 6.07) is 82.8. The highest BCUT2D eigenvalue weighted by atomic mass is 15.2. The normalized spacial score (nSPS) is 11.8. The molecular formula is C60H38N4. The predicted octanol–water partition coefficient (Wildman–Crippen LogP) is 15.6. The van der Waals surface area contributed by atoms with Crippen LogP contribution in [-0.4, -0.2) is 19.1 Å². The Morgan fingerprint density at radius 3 is 1.34 bits per heavy atom. The van der Waals surface area contributed by atoms with Gasteiger partial charge >= 0.3 is 0 Å². The molecule has 3 aromatic heterocycles. The number of aromatic nitrogens is 4. The van der Waals surface area contributed by atoms with Crippen molar-refractivity contribution in [3.8, 4) is 56.4 Å². The maximum Gasteiger partial charge on any atom is 0.235 e. The van der Waals surface area contributed by atoms with E-state index in [9.17, 15) is 0 Å². The van der Waals surface area contributed by atoms with E-state index in [0.717, 1.165) is 50.0 Å². The SMILES string of the molecule is c1ccc(-c2cc(-c3ccccc3)nc(-n3c4ccccc4c4cc5c(-c6ccccc6)c(-c6ccc7c(c6)c6ccccc6n7-c6ccccc6)c6ccccc6c5cc43)n2)cc1. The van der Waals surface area contributed by atoms with Gasteiger partial charge < -0.3 is 4.57 Å². The summed E-state index contributed by atoms with van der Waals surface area (Å²) in [5.41, 5.74) is 14.3. The van der Waals surface area contributed by atoms with Crippen LogP contribution in [0.25, 0.3) is 122 Å². The Hall–Kier alpha value is -8.60. The Kier molecular flexibility index (Phi) is 8.18. The average Bonchev–Trinajstić information content (AvgIpc) is 3.88. The number of rotatable bonds is 6. The summed E-state index contributed by atoms with van der Waals surface area (Å²) in [4.78, 5) is 10.7. The molecule has 0 aliphatic carbocycles. The molecule has 0 fully saturated rings. The topological polar surface area (TPSA) is 35.6 Å². The van der Waals surface area contributed by atoms with E-state index < -0.39 is 0 Å². The molecule has 0 atom stereocenters. The second kappa shape index (κ2) is 14.5. The molecule has 0 aliphatic heterocycles. The van der Waals surface area contributed by atoms with Crippen molar-refractivity contribution >= 4 is 65.2 Å². The number of fused-ring (bicyclic) bond motifs is 9. The molecule has 0 saturated heterocycles. The maximum atomic E-state index is 5.35. The fourth-order valence-electron chi connectivity index (χ4n) is 10.1. The van der Waals surface area contributed by atoms with Crippen LogP contribution >= 0.6 is 0 Å². The molecule has 0 radical (unpaired) electrons. The minimum absolute atomic E-state index is 0.637. The first-order chi connectivity index (χ1) is 31.8. The van der Waals surface area contributed by atoms with Crippen molar-refractivity contribution in [1.82, 2.24) is 19.1 Å². The quantitative estimate of drug-likeness (QED) is 0.157. The van der Waals surface area contributed by atoms with E-state index in [1.807, 2.05) is 12.1 Å². The maximum absolute atomic E-state index is 5.35. The highest BCUT2D eigenvalue weighted by molar-refractivity contribution is 6.26. The fourth-order valence-corrected chi connectivity index (χ4v) is 10.1. The number of nitrogens with zero attached hydrogens (tertiary/aromatic N) is 4. The fraction of sp³-hybridized carbons (Fsp3) is 0. The van der Waals surface area contributed by atoms with Crippen LogP contribution < -0.4 is 0 Å². The first kappa shape index (κ1) is 36.1. The molecule has 0 spiro atoms. The summed E-state index contributed by atoms with van der Waals surface area (Å²) in [7, 11) is 0. The Balaban J connectivity index is 1.13. The van der Waals surface area contributed by atoms with Crippen molar-refractivity contribution in [2.24, 2.45) is 0 Å². The smallest absolute Gasteiger partial charge is 0.235 e. The molecule has 0 saturated carbocycles. The number of hydrogen-bond acceptors (Lipinski definition) is 2. The van der Waals surface area contributed by atoms with Gasteiger partial charge in [-0.25, -0.2) is 9.97 Å². The van der Waals surface area contributed by atoms with Crippen LogP contribution in [0.1, 0.15) is 0 Å². The van der Waals surface area contributed by atoms with Crippen molar-refractivity contribution in [1.29, 1.82) is 0 Å². The van der Waals surface area contributed by atoms with Gasteiger partial charge in [0.05, 0.1) is 33.5 Å². The second-order valence-corrected chi connectivity index (χ2v) is 16.5. The van der Waals surface area contributed by atoms with Gasteiger partial charge in [-0.1, -0.05) is 176 Å². The lowest BCUT2D eigenvalue weighted by Gasteiger charge is -2.19. The molecule has 64 heavy (non-hydrogen) atoms. The Morgan fingerprint density at radius 2 is 0.719 bits per heavy atom. The van der Waals surface area contributed by atoms with Crippen LogP contribution in [0.2, 0.25) is 0 Å². The Labute approximate surface area is 369 Å². The van der Waals surface area contributed by atoms with Crippen LogP contribution in [-0.2, 0) is 0 Å². The van der Waals surface area contributed by atoms with E-state index in [1.54, 1.807) is 0 Å². The molecule has 13 aromatic rings. The van der Waals surface area contributed by atoms with Crippen LogP contribution in [0, 0.1) is 0 Å². The Bertz CT molecular complexity index is 3870. The summed E-state index contributed by atoms with van der Waals surface area (Å²) >= 11 is 0. The molecule has 0 N–H and O–H groups in total. The summed E-state index contributed by atoms with van der Waals surface area (Å²) in [6.07, 6.45) is 0. The van der Waals surface area contributed by atoms with Crippen molar-refractivity contribution in [3.63, 3.8) is 0 Å². The van der Waals surface area contributed by atoms with E-state index >= 15 is 0 Å². The van der Waals surface area contributed by atoms with Crippen LogP contribution in [0.4, 0.5) is 0 Å². The van der Waals surface area contributed by atoms with E-state index in [0.29, 0.717) is 5.95 Å². The third kappa shape index (κ3) is 5.63. The van der Waals surface area contributed by atoms with Gasteiger partial charge in [0.1, 0.15) is 0 Å². The van der Waals surface area contributed by atoms with Crippen molar-refractivity contribution in [2.75, 3.05) is 0 Å². The highest BCUT2D eigenvalue weighted by Gasteiger charge is 2.23. The second-order valence-electron chi connectivity index (χ2n) is 16.5. The summed E-state index contributed by atoms with van der Waals surface area (Å²) in [5, 5.41) is 9.54. The molecule has 0 bridgehead atoms. The monoisotopic (exact) mass is 814 g/mol. The summed E-state index contributed by atoms with van der Waals surface area (Å²) < 4.78 is 4.66. The zero-order valence-corrected chi connectivity index (χ0v) is 34.7. The Morgan fingerprint density at radius 1 is 0.250 bits per heavy atom. The van der Waals surface area contributed by atoms with E-state index in [2.05, 4.69) is 228 Å². The number of benzene rings is 10. The molecule has 4 heteroatoms. The van der Waals surface area contributed by atoms with Gasteiger partial charge in [-0.2, -0.15) is 0 Å². The zero-order valence-electron chi connectivity index (χ0n) is 34.7. The molecule has 10 aromatic carbocycles. The summed E-state index contributed by atoms with van der Waals surface area (Å²) in [5.74, 6) is 0.637. The van der Waals surface area contributed by atoms with Crippen molar-refractivity contribution in [2.45, 2.75) is 0 Å². The lowest BCUT2D eigenvalue weighted by atomic mass is 9.84. The number of para-hydroxylation sites is 3. The van der Waals surface area contributed by atoms with E-state index in [1.165, 1.54) is 65.6 Å². The van der Waals surface area contributed by atoms with Crippen LogP contribution in [0.3, 0.4) is 0 Å². The molecule has 0 amide bonds. The largest absolute Gasteiger partial charge is 0.309 e. The third-order valence-corrected chi connectivity index (χ3v) is 12.9. The zero-order chi connectivity index (χ0) is 42.1. The summed E-state index contributed by atoms with van der Waals surface area (Å²) in [6.45, 7) is 0. The third-order valence-electron chi connectivity index (χ3n) is 12.9. The molecule has 3 heterocycles. The van der Waals surface area contributed by atoms with Gasteiger partial charge in [-0.15, -0.1) is 0 Å². The van der Waals surface area contributed by atoms with E-state index in [-0.39, 0.29) is 0 Å². The molecule has 0 unspecified atom stereocenters. The number of hydrogen-bond donors (Lipinski definition) is 0. The minimum Gasteiger partial charge on any atom is -0.309 e.